The highest BCUT2D eigenvalue weighted by Crippen LogP contribution is 2.24. The Morgan fingerprint density at radius 1 is 1.15 bits per heavy atom. The molecule has 2 rings (SSSR count). The van der Waals surface area contributed by atoms with Crippen molar-refractivity contribution in [3.8, 4) is 6.07 Å². The Balaban J connectivity index is 2.33. The van der Waals surface area contributed by atoms with Gasteiger partial charge in [-0.05, 0) is 36.4 Å². The van der Waals surface area contributed by atoms with Gasteiger partial charge in [-0.15, -0.1) is 12.6 Å². The standard InChI is InChI=1S/C14H8Br2N2OS/c15-9-2-1-8(7-17)12(5-9)18-14(19)11-4-3-10(16)6-13(11)20/h1-6,20H,(H,18,19). The molecule has 0 fully saturated rings. The number of hydrogen-bond acceptors (Lipinski definition) is 3. The maximum atomic E-state index is 12.2. The Kier molecular flexibility index (Phi) is 4.86. The van der Waals surface area contributed by atoms with Gasteiger partial charge >= 0.3 is 0 Å². The number of amides is 1. The Morgan fingerprint density at radius 3 is 2.45 bits per heavy atom. The minimum Gasteiger partial charge on any atom is -0.321 e. The second-order valence-corrected chi connectivity index (χ2v) is 6.23. The Hall–Kier alpha value is -1.29. The van der Waals surface area contributed by atoms with Crippen molar-refractivity contribution < 1.29 is 4.79 Å². The molecule has 0 saturated heterocycles. The number of nitrogens with zero attached hydrogens (tertiary/aromatic N) is 1. The van der Waals surface area contributed by atoms with Crippen LogP contribution in [0.25, 0.3) is 0 Å². The largest absolute Gasteiger partial charge is 0.321 e. The molecule has 0 aliphatic heterocycles. The molecule has 6 heteroatoms. The fraction of sp³-hybridized carbons (Fsp3) is 0. The summed E-state index contributed by atoms with van der Waals surface area (Å²) in [7, 11) is 0. The van der Waals surface area contributed by atoms with Gasteiger partial charge in [0.15, 0.2) is 0 Å². The van der Waals surface area contributed by atoms with Crippen molar-refractivity contribution in [3.05, 3.63) is 56.5 Å². The number of carbonyl (C=O) groups is 1. The van der Waals surface area contributed by atoms with Crippen LogP contribution >= 0.6 is 44.5 Å². The minimum absolute atomic E-state index is 0.308. The van der Waals surface area contributed by atoms with E-state index in [0.29, 0.717) is 21.7 Å². The van der Waals surface area contributed by atoms with Crippen molar-refractivity contribution >= 4 is 56.1 Å². The van der Waals surface area contributed by atoms with E-state index in [1.807, 2.05) is 6.07 Å². The van der Waals surface area contributed by atoms with E-state index in [1.165, 1.54) is 0 Å². The van der Waals surface area contributed by atoms with Crippen LogP contribution < -0.4 is 5.32 Å². The molecule has 1 N–H and O–H groups in total. The molecule has 0 saturated carbocycles. The molecule has 0 unspecified atom stereocenters. The summed E-state index contributed by atoms with van der Waals surface area (Å²) in [4.78, 5) is 12.8. The van der Waals surface area contributed by atoms with Crippen LogP contribution in [0, 0.1) is 11.3 Å². The lowest BCUT2D eigenvalue weighted by molar-refractivity contribution is 0.102. The third-order valence-corrected chi connectivity index (χ3v) is 3.91. The van der Waals surface area contributed by atoms with Gasteiger partial charge < -0.3 is 5.32 Å². The number of hydrogen-bond donors (Lipinski definition) is 2. The van der Waals surface area contributed by atoms with Gasteiger partial charge in [0.2, 0.25) is 0 Å². The first kappa shape index (κ1) is 15.1. The van der Waals surface area contributed by atoms with Gasteiger partial charge in [-0.25, -0.2) is 0 Å². The number of nitriles is 1. The van der Waals surface area contributed by atoms with Gasteiger partial charge in [0.05, 0.1) is 16.8 Å². The molecule has 0 radical (unpaired) electrons. The minimum atomic E-state index is -0.308. The van der Waals surface area contributed by atoms with Gasteiger partial charge in [-0.2, -0.15) is 5.26 Å². The van der Waals surface area contributed by atoms with Crippen molar-refractivity contribution in [2.75, 3.05) is 5.32 Å². The maximum absolute atomic E-state index is 12.2. The first-order valence-electron chi connectivity index (χ1n) is 5.51. The number of halogens is 2. The second-order valence-electron chi connectivity index (χ2n) is 3.92. The molecular weight excluding hydrogens is 404 g/mol. The zero-order valence-corrected chi connectivity index (χ0v) is 14.1. The number of carbonyl (C=O) groups excluding carboxylic acids is 1. The number of nitrogens with one attached hydrogen (secondary N) is 1. The molecule has 1 amide bonds. The van der Waals surface area contributed by atoms with Crippen LogP contribution in [0.5, 0.6) is 0 Å². The molecule has 20 heavy (non-hydrogen) atoms. The van der Waals surface area contributed by atoms with Crippen molar-refractivity contribution in [1.82, 2.24) is 0 Å². The summed E-state index contributed by atoms with van der Waals surface area (Å²) in [5.41, 5.74) is 1.31. The number of benzene rings is 2. The molecule has 3 nitrogen and oxygen atoms in total. The van der Waals surface area contributed by atoms with Crippen LogP contribution in [-0.2, 0) is 0 Å². The Morgan fingerprint density at radius 2 is 1.80 bits per heavy atom. The summed E-state index contributed by atoms with van der Waals surface area (Å²) in [6.45, 7) is 0. The summed E-state index contributed by atoms with van der Waals surface area (Å²) in [6.07, 6.45) is 0. The highest BCUT2D eigenvalue weighted by molar-refractivity contribution is 9.10. The molecule has 100 valence electrons. The Bertz CT molecular complexity index is 726. The van der Waals surface area contributed by atoms with E-state index in [1.54, 1.807) is 36.4 Å². The number of thiol groups is 1. The predicted octanol–water partition coefficient (Wildman–Crippen LogP) is 4.62. The van der Waals surface area contributed by atoms with Crippen molar-refractivity contribution in [3.63, 3.8) is 0 Å². The third kappa shape index (κ3) is 3.42. The number of rotatable bonds is 2. The molecule has 0 heterocycles. The topological polar surface area (TPSA) is 52.9 Å². The highest BCUT2D eigenvalue weighted by atomic mass is 79.9. The van der Waals surface area contributed by atoms with E-state index in [-0.39, 0.29) is 5.91 Å². The molecule has 0 aliphatic rings. The van der Waals surface area contributed by atoms with Crippen LogP contribution in [0.3, 0.4) is 0 Å². The first-order valence-corrected chi connectivity index (χ1v) is 7.54. The van der Waals surface area contributed by atoms with E-state index < -0.39 is 0 Å². The fourth-order valence-corrected chi connectivity index (χ4v) is 2.82. The smallest absolute Gasteiger partial charge is 0.256 e. The van der Waals surface area contributed by atoms with E-state index in [9.17, 15) is 4.79 Å². The molecule has 0 atom stereocenters. The van der Waals surface area contributed by atoms with Gasteiger partial charge in [0, 0.05) is 13.8 Å². The molecule has 2 aromatic carbocycles. The molecule has 0 spiro atoms. The van der Waals surface area contributed by atoms with Crippen LogP contribution in [0.2, 0.25) is 0 Å². The highest BCUT2D eigenvalue weighted by Gasteiger charge is 2.12. The summed E-state index contributed by atoms with van der Waals surface area (Å²) < 4.78 is 1.63. The molecule has 0 aliphatic carbocycles. The average Bonchev–Trinajstić information content (AvgIpc) is 2.38. The van der Waals surface area contributed by atoms with Crippen LogP contribution in [0.4, 0.5) is 5.69 Å². The lowest BCUT2D eigenvalue weighted by atomic mass is 10.1. The SMILES string of the molecule is N#Cc1ccc(Br)cc1NC(=O)c1ccc(Br)cc1S. The predicted molar refractivity (Wildman–Crippen MR) is 88.2 cm³/mol. The summed E-state index contributed by atoms with van der Waals surface area (Å²) in [5.74, 6) is -0.308. The van der Waals surface area contributed by atoms with Gasteiger partial charge in [-0.1, -0.05) is 31.9 Å². The van der Waals surface area contributed by atoms with Crippen LogP contribution in [0.1, 0.15) is 15.9 Å². The zero-order chi connectivity index (χ0) is 14.7. The molecule has 0 bridgehead atoms. The lowest BCUT2D eigenvalue weighted by Gasteiger charge is -2.09. The fourth-order valence-electron chi connectivity index (χ4n) is 1.60. The van der Waals surface area contributed by atoms with E-state index in [0.717, 1.165) is 8.95 Å². The lowest BCUT2D eigenvalue weighted by Crippen LogP contribution is -2.13. The third-order valence-electron chi connectivity index (χ3n) is 2.55. The summed E-state index contributed by atoms with van der Waals surface area (Å²) >= 11 is 10.9. The van der Waals surface area contributed by atoms with E-state index >= 15 is 0 Å². The monoisotopic (exact) mass is 410 g/mol. The van der Waals surface area contributed by atoms with E-state index in [4.69, 9.17) is 5.26 Å². The Labute approximate surface area is 138 Å². The van der Waals surface area contributed by atoms with Crippen molar-refractivity contribution in [2.24, 2.45) is 0 Å². The molecule has 0 aromatic heterocycles. The van der Waals surface area contributed by atoms with Gasteiger partial charge in [0.1, 0.15) is 6.07 Å². The van der Waals surface area contributed by atoms with Gasteiger partial charge in [-0.3, -0.25) is 4.79 Å². The second kappa shape index (κ2) is 6.44. The maximum Gasteiger partial charge on any atom is 0.256 e. The van der Waals surface area contributed by atoms with Crippen molar-refractivity contribution in [2.45, 2.75) is 4.90 Å². The molecular formula is C14H8Br2N2OS. The normalized spacial score (nSPS) is 9.90. The van der Waals surface area contributed by atoms with Crippen LogP contribution in [0.15, 0.2) is 50.2 Å². The summed E-state index contributed by atoms with van der Waals surface area (Å²) in [5, 5.41) is 11.8. The summed E-state index contributed by atoms with van der Waals surface area (Å²) in [6, 6.07) is 12.3. The number of anilines is 1. The molecule has 2 aromatic rings. The first-order chi connectivity index (χ1) is 9.51. The van der Waals surface area contributed by atoms with Crippen molar-refractivity contribution in [1.29, 1.82) is 5.26 Å². The van der Waals surface area contributed by atoms with Crippen LogP contribution in [-0.4, -0.2) is 5.91 Å². The quantitative estimate of drug-likeness (QED) is 0.708. The van der Waals surface area contributed by atoms with E-state index in [2.05, 4.69) is 49.8 Å². The zero-order valence-electron chi connectivity index (χ0n) is 10.0. The van der Waals surface area contributed by atoms with Gasteiger partial charge in [0.25, 0.3) is 5.91 Å². The average molecular weight is 412 g/mol.